The van der Waals surface area contributed by atoms with Crippen LogP contribution in [-0.2, 0) is 6.18 Å². The monoisotopic (exact) mass is 375 g/mol. The Balaban J connectivity index is 1.92. The van der Waals surface area contributed by atoms with Gasteiger partial charge in [0, 0.05) is 6.07 Å². The number of benzene rings is 2. The lowest BCUT2D eigenvalue weighted by atomic mass is 9.98. The second-order valence-corrected chi connectivity index (χ2v) is 5.76. The van der Waals surface area contributed by atoms with Crippen molar-refractivity contribution in [2.24, 2.45) is 0 Å². The third-order valence-corrected chi connectivity index (χ3v) is 3.95. The van der Waals surface area contributed by atoms with Gasteiger partial charge in [-0.25, -0.2) is 0 Å². The average molecular weight is 375 g/mol. The van der Waals surface area contributed by atoms with Crippen molar-refractivity contribution in [3.8, 4) is 5.75 Å². The van der Waals surface area contributed by atoms with Crippen LogP contribution >= 0.6 is 0 Å². The van der Waals surface area contributed by atoms with E-state index in [1.165, 1.54) is 7.11 Å². The van der Waals surface area contributed by atoms with Gasteiger partial charge in [0.2, 0.25) is 0 Å². The zero-order valence-corrected chi connectivity index (χ0v) is 14.2. The molecule has 27 heavy (non-hydrogen) atoms. The molecule has 0 aliphatic heterocycles. The molecule has 8 heteroatoms. The van der Waals surface area contributed by atoms with E-state index >= 15 is 0 Å². The molecule has 0 saturated carbocycles. The predicted molar refractivity (Wildman–Crippen MR) is 92.3 cm³/mol. The molecule has 0 spiro atoms. The van der Waals surface area contributed by atoms with E-state index in [1.807, 2.05) is 35.4 Å². The predicted octanol–water partition coefficient (Wildman–Crippen LogP) is 3.96. The molecule has 1 atom stereocenters. The number of rotatable bonds is 5. The Morgan fingerprint density at radius 3 is 2.41 bits per heavy atom. The molecular formula is C19H16F3N3O2. The Morgan fingerprint density at radius 2 is 1.78 bits per heavy atom. The molecule has 0 bridgehead atoms. The standard InChI is InChI=1S/C19H16F3N3O2/c1-27-14-9-5-8-13(10-14)17(12-6-3-2-4-7-12)23-18(26)15-11-16(25-24-15)19(20,21)22/h2-11,17H,1H3,(H,23,26)(H,24,25)/t17-/m0/s1. The second-order valence-electron chi connectivity index (χ2n) is 5.76. The lowest BCUT2D eigenvalue weighted by molar-refractivity contribution is -0.141. The first-order valence-electron chi connectivity index (χ1n) is 8.01. The number of nitrogens with zero attached hydrogens (tertiary/aromatic N) is 1. The maximum Gasteiger partial charge on any atom is 0.432 e. The summed E-state index contributed by atoms with van der Waals surface area (Å²) in [5, 5.41) is 8.05. The number of alkyl halides is 3. The smallest absolute Gasteiger partial charge is 0.432 e. The molecule has 0 aliphatic carbocycles. The van der Waals surface area contributed by atoms with Crippen molar-refractivity contribution in [1.29, 1.82) is 0 Å². The van der Waals surface area contributed by atoms with Gasteiger partial charge in [0.15, 0.2) is 5.69 Å². The zero-order valence-electron chi connectivity index (χ0n) is 14.2. The summed E-state index contributed by atoms with van der Waals surface area (Å²) in [6.45, 7) is 0. The van der Waals surface area contributed by atoms with Crippen molar-refractivity contribution in [2.45, 2.75) is 12.2 Å². The molecule has 0 fully saturated rings. The molecule has 5 nitrogen and oxygen atoms in total. The number of carbonyl (C=O) groups excluding carboxylic acids is 1. The van der Waals surface area contributed by atoms with Gasteiger partial charge in [0.1, 0.15) is 11.4 Å². The van der Waals surface area contributed by atoms with Crippen molar-refractivity contribution in [3.05, 3.63) is 83.2 Å². The van der Waals surface area contributed by atoms with Gasteiger partial charge in [-0.2, -0.15) is 18.3 Å². The minimum Gasteiger partial charge on any atom is -0.497 e. The molecule has 2 aromatic carbocycles. The van der Waals surface area contributed by atoms with Gasteiger partial charge in [-0.15, -0.1) is 0 Å². The maximum atomic E-state index is 12.7. The Kier molecular flexibility index (Phi) is 5.16. The molecule has 3 rings (SSSR count). The number of hydrogen-bond acceptors (Lipinski definition) is 3. The first kappa shape index (κ1) is 18.5. The van der Waals surface area contributed by atoms with E-state index in [-0.39, 0.29) is 5.69 Å². The molecule has 0 aliphatic rings. The molecule has 1 aromatic heterocycles. The summed E-state index contributed by atoms with van der Waals surface area (Å²) in [4.78, 5) is 12.5. The summed E-state index contributed by atoms with van der Waals surface area (Å²) < 4.78 is 43.4. The van der Waals surface area contributed by atoms with Crippen molar-refractivity contribution in [1.82, 2.24) is 15.5 Å². The molecule has 3 aromatic rings. The normalized spacial score (nSPS) is 12.4. The van der Waals surface area contributed by atoms with Crippen molar-refractivity contribution < 1.29 is 22.7 Å². The average Bonchev–Trinajstić information content (AvgIpc) is 3.17. The van der Waals surface area contributed by atoms with E-state index < -0.39 is 23.8 Å². The fraction of sp³-hybridized carbons (Fsp3) is 0.158. The number of halogens is 3. The largest absolute Gasteiger partial charge is 0.497 e. The number of H-pyrrole nitrogens is 1. The molecule has 2 N–H and O–H groups in total. The van der Waals surface area contributed by atoms with Crippen molar-refractivity contribution >= 4 is 5.91 Å². The summed E-state index contributed by atoms with van der Waals surface area (Å²) in [6, 6.07) is 16.3. The first-order valence-corrected chi connectivity index (χ1v) is 8.01. The van der Waals surface area contributed by atoms with E-state index in [2.05, 4.69) is 10.4 Å². The van der Waals surface area contributed by atoms with E-state index in [1.54, 1.807) is 24.3 Å². The highest BCUT2D eigenvalue weighted by molar-refractivity contribution is 5.92. The number of amides is 1. The third-order valence-electron chi connectivity index (χ3n) is 3.95. The van der Waals surface area contributed by atoms with Crippen LogP contribution in [0.1, 0.15) is 33.4 Å². The first-order chi connectivity index (χ1) is 12.9. The molecule has 1 amide bonds. The van der Waals surface area contributed by atoms with Crippen LogP contribution in [-0.4, -0.2) is 23.2 Å². The Hall–Kier alpha value is -3.29. The Bertz CT molecular complexity index is 923. The summed E-state index contributed by atoms with van der Waals surface area (Å²) in [6.07, 6.45) is -4.60. The lowest BCUT2D eigenvalue weighted by Gasteiger charge is -2.20. The quantitative estimate of drug-likeness (QED) is 0.709. The van der Waals surface area contributed by atoms with Crippen LogP contribution in [0.3, 0.4) is 0 Å². The van der Waals surface area contributed by atoms with Gasteiger partial charge >= 0.3 is 6.18 Å². The Labute approximate surface area is 153 Å². The number of ether oxygens (including phenoxy) is 1. The second kappa shape index (κ2) is 7.53. The summed E-state index contributed by atoms with van der Waals surface area (Å²) in [5.74, 6) is -0.125. The highest BCUT2D eigenvalue weighted by Crippen LogP contribution is 2.28. The van der Waals surface area contributed by atoms with Gasteiger partial charge < -0.3 is 10.1 Å². The zero-order chi connectivity index (χ0) is 19.4. The van der Waals surface area contributed by atoms with Crippen LogP contribution in [0.15, 0.2) is 60.7 Å². The molecule has 140 valence electrons. The van der Waals surface area contributed by atoms with Crippen molar-refractivity contribution in [3.63, 3.8) is 0 Å². The molecule has 0 radical (unpaired) electrons. The summed E-state index contributed by atoms with van der Waals surface area (Å²) >= 11 is 0. The van der Waals surface area contributed by atoms with E-state index in [4.69, 9.17) is 4.74 Å². The Morgan fingerprint density at radius 1 is 1.07 bits per heavy atom. The fourth-order valence-electron chi connectivity index (χ4n) is 2.61. The van der Waals surface area contributed by atoms with Gasteiger partial charge in [0.05, 0.1) is 13.2 Å². The third kappa shape index (κ3) is 4.28. The van der Waals surface area contributed by atoms with Crippen LogP contribution < -0.4 is 10.1 Å². The SMILES string of the molecule is COc1cccc([C@@H](NC(=O)c2cc(C(F)(F)F)[nH]n2)c2ccccc2)c1. The molecule has 1 heterocycles. The van der Waals surface area contributed by atoms with Crippen LogP contribution in [0.2, 0.25) is 0 Å². The molecule has 0 unspecified atom stereocenters. The highest BCUT2D eigenvalue weighted by atomic mass is 19.4. The topological polar surface area (TPSA) is 67.0 Å². The van der Waals surface area contributed by atoms with Gasteiger partial charge in [-0.3, -0.25) is 9.89 Å². The number of carbonyl (C=O) groups is 1. The van der Waals surface area contributed by atoms with Crippen LogP contribution in [0, 0.1) is 0 Å². The molecule has 0 saturated heterocycles. The highest BCUT2D eigenvalue weighted by Gasteiger charge is 2.34. The van der Waals surface area contributed by atoms with Crippen LogP contribution in [0.25, 0.3) is 0 Å². The number of aromatic amines is 1. The fourth-order valence-corrected chi connectivity index (χ4v) is 2.61. The lowest BCUT2D eigenvalue weighted by Crippen LogP contribution is -2.29. The molecular weight excluding hydrogens is 359 g/mol. The number of aromatic nitrogens is 2. The summed E-state index contributed by atoms with van der Waals surface area (Å²) in [5.41, 5.74) is 0.0719. The van der Waals surface area contributed by atoms with E-state index in [0.29, 0.717) is 11.8 Å². The number of methoxy groups -OCH3 is 1. The maximum absolute atomic E-state index is 12.7. The van der Waals surface area contributed by atoms with E-state index in [9.17, 15) is 18.0 Å². The minimum atomic E-state index is -4.60. The summed E-state index contributed by atoms with van der Waals surface area (Å²) in [7, 11) is 1.53. The van der Waals surface area contributed by atoms with Crippen LogP contribution in [0.5, 0.6) is 5.75 Å². The van der Waals surface area contributed by atoms with Crippen molar-refractivity contribution in [2.75, 3.05) is 7.11 Å². The number of hydrogen-bond donors (Lipinski definition) is 2. The van der Waals surface area contributed by atoms with Gasteiger partial charge in [-0.1, -0.05) is 42.5 Å². The van der Waals surface area contributed by atoms with Gasteiger partial charge in [0.25, 0.3) is 5.91 Å². The number of nitrogens with one attached hydrogen (secondary N) is 2. The van der Waals surface area contributed by atoms with E-state index in [0.717, 1.165) is 11.1 Å². The minimum absolute atomic E-state index is 0.342. The van der Waals surface area contributed by atoms with Gasteiger partial charge in [-0.05, 0) is 23.3 Å². The van der Waals surface area contributed by atoms with Crippen LogP contribution in [0.4, 0.5) is 13.2 Å².